The molecule has 1 aromatic heterocycles. The lowest BCUT2D eigenvalue weighted by molar-refractivity contribution is -0.113. The summed E-state index contributed by atoms with van der Waals surface area (Å²) >= 11 is 1.49. The predicted octanol–water partition coefficient (Wildman–Crippen LogP) is 4.63. The van der Waals surface area contributed by atoms with E-state index in [1.54, 1.807) is 6.07 Å². The average molecular weight is 381 g/mol. The van der Waals surface area contributed by atoms with Crippen molar-refractivity contribution in [1.29, 1.82) is 0 Å². The zero-order chi connectivity index (χ0) is 19.6. The highest BCUT2D eigenvalue weighted by atomic mass is 32.2. The van der Waals surface area contributed by atoms with Crippen LogP contribution in [-0.4, -0.2) is 16.6 Å². The molecule has 2 N–H and O–H groups in total. The lowest BCUT2D eigenvalue weighted by atomic mass is 10.1. The zero-order valence-corrected chi connectivity index (χ0v) is 16.9. The van der Waals surface area contributed by atoms with E-state index in [9.17, 15) is 9.59 Å². The molecule has 0 atom stereocenters. The van der Waals surface area contributed by atoms with Crippen LogP contribution in [0.3, 0.4) is 0 Å². The van der Waals surface area contributed by atoms with E-state index in [-0.39, 0.29) is 11.3 Å². The van der Waals surface area contributed by atoms with Gasteiger partial charge in [-0.25, -0.2) is 0 Å². The number of nitrogens with one attached hydrogen (secondary N) is 2. The molecule has 0 saturated heterocycles. The van der Waals surface area contributed by atoms with E-state index in [1.165, 1.54) is 11.8 Å². The Morgan fingerprint density at radius 2 is 1.85 bits per heavy atom. The first-order valence-corrected chi connectivity index (χ1v) is 10.1. The molecule has 140 valence electrons. The van der Waals surface area contributed by atoms with E-state index in [1.807, 2.05) is 58.0 Å². The van der Waals surface area contributed by atoms with Gasteiger partial charge in [-0.3, -0.25) is 9.59 Å². The lowest BCUT2D eigenvalue weighted by Gasteiger charge is -2.10. The molecule has 0 radical (unpaired) electrons. The number of carbonyl (C=O) groups excluding carboxylic acids is 1. The number of thioether (sulfide) groups is 1. The third kappa shape index (κ3) is 4.42. The molecular formula is C22H24N2O2S. The van der Waals surface area contributed by atoms with Crippen molar-refractivity contribution in [3.05, 3.63) is 74.6 Å². The Morgan fingerprint density at radius 1 is 1.07 bits per heavy atom. The van der Waals surface area contributed by atoms with Crippen molar-refractivity contribution in [1.82, 2.24) is 4.98 Å². The first-order valence-electron chi connectivity index (χ1n) is 8.92. The van der Waals surface area contributed by atoms with E-state index in [0.29, 0.717) is 11.5 Å². The molecule has 0 aliphatic carbocycles. The molecule has 1 heterocycles. The number of anilines is 1. The van der Waals surface area contributed by atoms with Crippen LogP contribution >= 0.6 is 11.8 Å². The van der Waals surface area contributed by atoms with Gasteiger partial charge in [-0.1, -0.05) is 18.2 Å². The maximum absolute atomic E-state index is 12.4. The van der Waals surface area contributed by atoms with Crippen LogP contribution in [0.4, 0.5) is 5.69 Å². The molecule has 0 aliphatic rings. The van der Waals surface area contributed by atoms with Gasteiger partial charge < -0.3 is 10.3 Å². The minimum absolute atomic E-state index is 0.0247. The van der Waals surface area contributed by atoms with Crippen LogP contribution in [0.2, 0.25) is 0 Å². The van der Waals surface area contributed by atoms with Crippen molar-refractivity contribution in [3.8, 4) is 0 Å². The van der Waals surface area contributed by atoms with Crippen LogP contribution < -0.4 is 10.7 Å². The molecule has 0 aliphatic heterocycles. The van der Waals surface area contributed by atoms with Gasteiger partial charge in [0, 0.05) is 28.6 Å². The number of fused-ring (bicyclic) bond motifs is 1. The maximum atomic E-state index is 12.4. The minimum Gasteiger partial charge on any atom is -0.357 e. The Labute approximate surface area is 163 Å². The number of hydrogen-bond acceptors (Lipinski definition) is 3. The molecule has 4 nitrogen and oxygen atoms in total. The largest absolute Gasteiger partial charge is 0.357 e. The number of hydrogen-bond donors (Lipinski definition) is 2. The molecule has 0 saturated carbocycles. The number of aromatic nitrogens is 1. The highest BCUT2D eigenvalue weighted by Gasteiger charge is 2.09. The molecule has 0 fully saturated rings. The Balaban J connectivity index is 1.66. The minimum atomic E-state index is -0.0384. The van der Waals surface area contributed by atoms with Crippen molar-refractivity contribution in [3.63, 3.8) is 0 Å². The summed E-state index contributed by atoms with van der Waals surface area (Å²) in [4.78, 5) is 28.0. The second-order valence-electron chi connectivity index (χ2n) is 6.95. The number of rotatable bonds is 5. The van der Waals surface area contributed by atoms with Gasteiger partial charge in [0.25, 0.3) is 0 Å². The Kier molecular flexibility index (Phi) is 5.71. The van der Waals surface area contributed by atoms with Crippen LogP contribution in [0.15, 0.2) is 41.2 Å². The van der Waals surface area contributed by atoms with Crippen LogP contribution in [0, 0.1) is 27.7 Å². The monoisotopic (exact) mass is 380 g/mol. The first kappa shape index (κ1) is 19.2. The molecule has 0 bridgehead atoms. The summed E-state index contributed by atoms with van der Waals surface area (Å²) < 4.78 is 0. The zero-order valence-electron chi connectivity index (χ0n) is 16.1. The lowest BCUT2D eigenvalue weighted by Crippen LogP contribution is -2.15. The second-order valence-corrected chi connectivity index (χ2v) is 7.94. The van der Waals surface area contributed by atoms with E-state index in [0.717, 1.165) is 44.5 Å². The van der Waals surface area contributed by atoms with Gasteiger partial charge in [0.2, 0.25) is 5.91 Å². The molecule has 27 heavy (non-hydrogen) atoms. The van der Waals surface area contributed by atoms with Crippen LogP contribution in [0.1, 0.15) is 27.9 Å². The van der Waals surface area contributed by atoms with Crippen LogP contribution in [-0.2, 0) is 10.5 Å². The van der Waals surface area contributed by atoms with E-state index < -0.39 is 0 Å². The number of pyridine rings is 1. The third-order valence-electron chi connectivity index (χ3n) is 4.70. The number of carbonyl (C=O) groups is 1. The standard InChI is InChI=1S/C22H24N2O2S/c1-13-8-15(3)22-19(9-13)23-17(10-20(22)25)11-27-12-21(26)24-18-7-5-6-14(2)16(18)4/h5-10H,11-12H2,1-4H3,(H,23,25)(H,24,26). The van der Waals surface area contributed by atoms with E-state index >= 15 is 0 Å². The number of aromatic amines is 1. The summed E-state index contributed by atoms with van der Waals surface area (Å²) in [5, 5.41) is 3.70. The van der Waals surface area contributed by atoms with Crippen LogP contribution in [0.5, 0.6) is 0 Å². The maximum Gasteiger partial charge on any atom is 0.234 e. The van der Waals surface area contributed by atoms with Gasteiger partial charge in [0.05, 0.1) is 11.3 Å². The highest BCUT2D eigenvalue weighted by Crippen LogP contribution is 2.20. The smallest absolute Gasteiger partial charge is 0.234 e. The van der Waals surface area contributed by atoms with Gasteiger partial charge in [0.15, 0.2) is 5.43 Å². The molecule has 3 rings (SSSR count). The Morgan fingerprint density at radius 3 is 2.63 bits per heavy atom. The topological polar surface area (TPSA) is 62.0 Å². The molecule has 1 amide bonds. The van der Waals surface area contributed by atoms with Crippen molar-refractivity contribution in [2.75, 3.05) is 11.1 Å². The number of benzene rings is 2. The Hall–Kier alpha value is -2.53. The summed E-state index contributed by atoms with van der Waals surface area (Å²) in [5.74, 6) is 0.877. The quantitative estimate of drug-likeness (QED) is 0.678. The van der Waals surface area contributed by atoms with Gasteiger partial charge in [0.1, 0.15) is 0 Å². The SMILES string of the molecule is Cc1cc(C)c2c(=O)cc(CSCC(=O)Nc3cccc(C)c3C)[nH]c2c1. The van der Waals surface area contributed by atoms with E-state index in [2.05, 4.69) is 10.3 Å². The van der Waals surface area contributed by atoms with Crippen LogP contribution in [0.25, 0.3) is 10.9 Å². The fourth-order valence-electron chi connectivity index (χ4n) is 3.24. The summed E-state index contributed by atoms with van der Waals surface area (Å²) in [6, 6.07) is 11.5. The normalized spacial score (nSPS) is 11.0. The number of amides is 1. The average Bonchev–Trinajstić information content (AvgIpc) is 2.58. The molecule has 0 spiro atoms. The van der Waals surface area contributed by atoms with Crippen molar-refractivity contribution in [2.45, 2.75) is 33.4 Å². The van der Waals surface area contributed by atoms with Gasteiger partial charge >= 0.3 is 0 Å². The van der Waals surface area contributed by atoms with Crippen molar-refractivity contribution >= 4 is 34.3 Å². The van der Waals surface area contributed by atoms with Crippen molar-refractivity contribution in [2.24, 2.45) is 0 Å². The summed E-state index contributed by atoms with van der Waals surface area (Å²) in [6.45, 7) is 8.00. The summed E-state index contributed by atoms with van der Waals surface area (Å²) in [5.41, 5.74) is 6.91. The Bertz CT molecular complexity index is 1070. The summed E-state index contributed by atoms with van der Waals surface area (Å²) in [7, 11) is 0. The third-order valence-corrected chi connectivity index (χ3v) is 5.68. The fourth-order valence-corrected chi connectivity index (χ4v) is 3.97. The molecule has 0 unspecified atom stereocenters. The molecule has 3 aromatic rings. The first-order chi connectivity index (χ1) is 12.8. The van der Waals surface area contributed by atoms with Gasteiger partial charge in [-0.2, -0.15) is 0 Å². The number of aryl methyl sites for hydroxylation is 3. The fraction of sp³-hybridized carbons (Fsp3) is 0.273. The second kappa shape index (κ2) is 8.01. The van der Waals surface area contributed by atoms with Gasteiger partial charge in [-0.15, -0.1) is 11.8 Å². The highest BCUT2D eigenvalue weighted by molar-refractivity contribution is 7.99. The predicted molar refractivity (Wildman–Crippen MR) is 115 cm³/mol. The molecular weight excluding hydrogens is 356 g/mol. The van der Waals surface area contributed by atoms with Gasteiger partial charge in [-0.05, 0) is 62.1 Å². The van der Waals surface area contributed by atoms with Crippen molar-refractivity contribution < 1.29 is 4.79 Å². The molecule has 5 heteroatoms. The molecule has 2 aromatic carbocycles. The number of H-pyrrole nitrogens is 1. The summed E-state index contributed by atoms with van der Waals surface area (Å²) in [6.07, 6.45) is 0. The van der Waals surface area contributed by atoms with E-state index in [4.69, 9.17) is 0 Å².